The molecule has 0 atom stereocenters. The van der Waals surface area contributed by atoms with Gasteiger partial charge in [-0.2, -0.15) is 0 Å². The number of quaternary nitrogens is 1. The van der Waals surface area contributed by atoms with E-state index in [0.29, 0.717) is 43.3 Å². The monoisotopic (exact) mass is 374 g/mol. The number of piperazine rings is 1. The normalized spacial score (nSPS) is 17.3. The Morgan fingerprint density at radius 3 is 2.81 bits per heavy atom. The Hall–Kier alpha value is -2.91. The summed E-state index contributed by atoms with van der Waals surface area (Å²) in [5, 5.41) is 11.2. The summed E-state index contributed by atoms with van der Waals surface area (Å²) in [5.41, 5.74) is 1.56. The lowest BCUT2D eigenvalue weighted by atomic mass is 10.1. The molecule has 2 aliphatic rings. The Morgan fingerprint density at radius 2 is 2.11 bits per heavy atom. The van der Waals surface area contributed by atoms with E-state index in [0.717, 1.165) is 18.7 Å². The van der Waals surface area contributed by atoms with Crippen LogP contribution in [-0.2, 0) is 17.9 Å². The summed E-state index contributed by atoms with van der Waals surface area (Å²) in [5.74, 6) is 0.931. The Kier molecular flexibility index (Phi) is 4.78. The number of nitro groups is 1. The molecule has 1 amide bonds. The topological polar surface area (TPSA) is 99.5 Å². The van der Waals surface area contributed by atoms with E-state index in [1.165, 1.54) is 17.2 Å². The first kappa shape index (κ1) is 17.5. The van der Waals surface area contributed by atoms with Crippen molar-refractivity contribution in [3.05, 3.63) is 57.5 Å². The molecule has 2 aliphatic heterocycles. The molecule has 142 valence electrons. The summed E-state index contributed by atoms with van der Waals surface area (Å²) in [6.45, 7) is 3.78. The van der Waals surface area contributed by atoms with Crippen LogP contribution in [0.15, 0.2) is 34.9 Å². The average Bonchev–Trinajstić information content (AvgIpc) is 3.22. The smallest absolute Gasteiger partial charge is 0.289 e. The molecule has 2 aromatic rings. The lowest BCUT2D eigenvalue weighted by Gasteiger charge is -2.32. The molecule has 0 aliphatic carbocycles. The van der Waals surface area contributed by atoms with E-state index < -0.39 is 4.92 Å². The largest absolute Gasteiger partial charge is 0.467 e. The van der Waals surface area contributed by atoms with Crippen LogP contribution in [-0.4, -0.2) is 48.7 Å². The van der Waals surface area contributed by atoms with Gasteiger partial charge in [0.1, 0.15) is 12.3 Å². The third kappa shape index (κ3) is 3.64. The number of carbonyl (C=O) groups is 1. The van der Waals surface area contributed by atoms with Crippen LogP contribution in [0.1, 0.15) is 21.7 Å². The van der Waals surface area contributed by atoms with Crippen molar-refractivity contribution < 1.29 is 28.5 Å². The van der Waals surface area contributed by atoms with Crippen LogP contribution in [0.2, 0.25) is 0 Å². The second-order valence-corrected chi connectivity index (χ2v) is 6.66. The van der Waals surface area contributed by atoms with Crippen molar-refractivity contribution in [2.45, 2.75) is 13.2 Å². The first-order chi connectivity index (χ1) is 13.1. The van der Waals surface area contributed by atoms with E-state index in [2.05, 4.69) is 0 Å². The molecule has 0 saturated carbocycles. The quantitative estimate of drug-likeness (QED) is 0.621. The van der Waals surface area contributed by atoms with Crippen LogP contribution in [0.5, 0.6) is 5.75 Å². The van der Waals surface area contributed by atoms with E-state index in [9.17, 15) is 14.9 Å². The van der Waals surface area contributed by atoms with Crippen LogP contribution in [0.4, 0.5) is 5.69 Å². The van der Waals surface area contributed by atoms with Gasteiger partial charge in [0.25, 0.3) is 11.6 Å². The fraction of sp³-hybridized carbons (Fsp3) is 0.389. The molecular weight excluding hydrogens is 354 g/mol. The summed E-state index contributed by atoms with van der Waals surface area (Å²) >= 11 is 0. The first-order valence-electron chi connectivity index (χ1n) is 8.79. The Bertz CT molecular complexity index is 843. The molecule has 0 radical (unpaired) electrons. The molecule has 1 N–H and O–H groups in total. The molecule has 0 bridgehead atoms. The van der Waals surface area contributed by atoms with Gasteiger partial charge in [-0.15, -0.1) is 0 Å². The van der Waals surface area contributed by atoms with E-state index >= 15 is 0 Å². The number of hydrogen-bond donors (Lipinski definition) is 1. The number of hydrogen-bond acceptors (Lipinski definition) is 6. The maximum Gasteiger partial charge on any atom is 0.289 e. The van der Waals surface area contributed by atoms with Crippen LogP contribution in [0.25, 0.3) is 0 Å². The summed E-state index contributed by atoms with van der Waals surface area (Å²) in [6.07, 6.45) is 1.49. The molecule has 3 heterocycles. The molecule has 1 aromatic carbocycles. The third-order valence-electron chi connectivity index (χ3n) is 4.91. The molecular formula is C18H20N3O6+. The zero-order chi connectivity index (χ0) is 18.8. The van der Waals surface area contributed by atoms with Crippen molar-refractivity contribution in [1.82, 2.24) is 4.90 Å². The van der Waals surface area contributed by atoms with Gasteiger partial charge in [-0.1, -0.05) is 0 Å². The molecule has 0 unspecified atom stereocenters. The Morgan fingerprint density at radius 1 is 1.30 bits per heavy atom. The number of nitro benzene ring substituents is 1. The second-order valence-electron chi connectivity index (χ2n) is 6.66. The number of non-ortho nitro benzene ring substituents is 1. The number of nitrogens with zero attached hydrogens (tertiary/aromatic N) is 2. The predicted molar refractivity (Wildman–Crippen MR) is 92.4 cm³/mol. The molecule has 27 heavy (non-hydrogen) atoms. The standard InChI is InChI=1S/C18H19N3O6/c22-18(16-2-1-7-26-16)20-5-3-19(4-6-20)10-13-8-15(21(23)24)9-14-11-25-12-27-17(13)14/h1-2,7-9H,3-6,10-12H2/p+1. The fourth-order valence-corrected chi connectivity index (χ4v) is 3.55. The number of amides is 1. The number of carbonyl (C=O) groups excluding carboxylic acids is 1. The summed E-state index contributed by atoms with van der Waals surface area (Å²) in [7, 11) is 0. The number of ether oxygens (including phenoxy) is 2. The second kappa shape index (κ2) is 7.37. The maximum absolute atomic E-state index is 12.4. The molecule has 1 saturated heterocycles. The molecule has 1 aromatic heterocycles. The van der Waals surface area contributed by atoms with E-state index in [1.807, 2.05) is 0 Å². The molecule has 0 spiro atoms. The minimum Gasteiger partial charge on any atom is -0.467 e. The molecule has 9 heteroatoms. The van der Waals surface area contributed by atoms with Crippen LogP contribution in [0, 0.1) is 10.1 Å². The Balaban J connectivity index is 1.45. The van der Waals surface area contributed by atoms with Crippen molar-refractivity contribution >= 4 is 11.6 Å². The zero-order valence-electron chi connectivity index (χ0n) is 14.7. The van der Waals surface area contributed by atoms with Gasteiger partial charge in [-0.05, 0) is 12.1 Å². The summed E-state index contributed by atoms with van der Waals surface area (Å²) in [4.78, 5) is 26.2. The number of fused-ring (bicyclic) bond motifs is 1. The van der Waals surface area contributed by atoms with Gasteiger partial charge in [0.2, 0.25) is 0 Å². The van der Waals surface area contributed by atoms with Crippen LogP contribution < -0.4 is 9.64 Å². The summed E-state index contributed by atoms with van der Waals surface area (Å²) < 4.78 is 16.0. The Labute approximate surface area is 155 Å². The highest BCUT2D eigenvalue weighted by Crippen LogP contribution is 2.32. The number of furan rings is 1. The molecule has 1 fully saturated rings. The number of rotatable bonds is 4. The average molecular weight is 374 g/mol. The van der Waals surface area contributed by atoms with Gasteiger partial charge in [0, 0.05) is 17.7 Å². The minimum absolute atomic E-state index is 0.0453. The van der Waals surface area contributed by atoms with Gasteiger partial charge in [-0.25, -0.2) is 0 Å². The van der Waals surface area contributed by atoms with Gasteiger partial charge >= 0.3 is 0 Å². The minimum atomic E-state index is -0.395. The van der Waals surface area contributed by atoms with E-state index in [1.54, 1.807) is 23.1 Å². The third-order valence-corrected chi connectivity index (χ3v) is 4.91. The van der Waals surface area contributed by atoms with Crippen LogP contribution in [0.3, 0.4) is 0 Å². The van der Waals surface area contributed by atoms with Crippen LogP contribution >= 0.6 is 0 Å². The van der Waals surface area contributed by atoms with E-state index in [-0.39, 0.29) is 18.4 Å². The molecule has 4 rings (SSSR count). The van der Waals surface area contributed by atoms with Crippen molar-refractivity contribution in [2.24, 2.45) is 0 Å². The molecule has 9 nitrogen and oxygen atoms in total. The highest BCUT2D eigenvalue weighted by molar-refractivity contribution is 5.91. The van der Waals surface area contributed by atoms with E-state index in [4.69, 9.17) is 13.9 Å². The summed E-state index contributed by atoms with van der Waals surface area (Å²) in [6, 6.07) is 6.45. The maximum atomic E-state index is 12.4. The van der Waals surface area contributed by atoms with Gasteiger partial charge in [0.15, 0.2) is 12.6 Å². The van der Waals surface area contributed by atoms with Crippen molar-refractivity contribution in [3.8, 4) is 5.75 Å². The van der Waals surface area contributed by atoms with Gasteiger partial charge in [0.05, 0.1) is 49.5 Å². The van der Waals surface area contributed by atoms with Gasteiger partial charge < -0.3 is 23.7 Å². The van der Waals surface area contributed by atoms with Crippen molar-refractivity contribution in [1.29, 1.82) is 0 Å². The SMILES string of the molecule is O=C(c1ccco1)N1CC[NH+](Cc2cc([N+](=O)[O-])cc3c2OCOC3)CC1. The van der Waals surface area contributed by atoms with Crippen molar-refractivity contribution in [2.75, 3.05) is 33.0 Å². The number of nitrogens with one attached hydrogen (secondary N) is 1. The zero-order valence-corrected chi connectivity index (χ0v) is 14.7. The fourth-order valence-electron chi connectivity index (χ4n) is 3.55. The first-order valence-corrected chi connectivity index (χ1v) is 8.79. The van der Waals surface area contributed by atoms with Gasteiger partial charge in [-0.3, -0.25) is 14.9 Å². The predicted octanol–water partition coefficient (Wildman–Crippen LogP) is 0.595. The highest BCUT2D eigenvalue weighted by Gasteiger charge is 2.28. The lowest BCUT2D eigenvalue weighted by Crippen LogP contribution is -3.13. The highest BCUT2D eigenvalue weighted by atomic mass is 16.7. The number of benzene rings is 1. The van der Waals surface area contributed by atoms with Crippen molar-refractivity contribution in [3.63, 3.8) is 0 Å². The lowest BCUT2D eigenvalue weighted by molar-refractivity contribution is -0.917.